The molecule has 0 aromatic carbocycles. The van der Waals surface area contributed by atoms with Gasteiger partial charge in [0.2, 0.25) is 0 Å². The topological polar surface area (TPSA) is 81.4 Å². The second-order valence-corrected chi connectivity index (χ2v) is 9.06. The van der Waals surface area contributed by atoms with Crippen LogP contribution in [0.1, 0.15) is 86.0 Å². The largest absolute Gasteiger partial charge is 0.379 e. The van der Waals surface area contributed by atoms with Crippen molar-refractivity contribution in [1.29, 1.82) is 0 Å². The number of unbranched alkanes of at least 4 members (excludes halogenated alkanes) is 4. The van der Waals surface area contributed by atoms with Gasteiger partial charge < -0.3 is 34.2 Å². The maximum absolute atomic E-state index is 6.46. The van der Waals surface area contributed by atoms with Gasteiger partial charge in [0.15, 0.2) is 6.29 Å². The molecule has 34 heavy (non-hydrogen) atoms. The summed E-state index contributed by atoms with van der Waals surface area (Å²) >= 11 is 0. The minimum Gasteiger partial charge on any atom is -0.379 e. The first kappa shape index (κ1) is 31.5. The summed E-state index contributed by atoms with van der Waals surface area (Å²) in [6.45, 7) is 14.0. The Bertz CT molecular complexity index is 492. The van der Waals surface area contributed by atoms with E-state index in [1.165, 1.54) is 0 Å². The molecular weight excluding hydrogens is 434 g/mol. The van der Waals surface area contributed by atoms with Gasteiger partial charge in [-0.3, -0.25) is 0 Å². The molecule has 1 fully saturated rings. The molecule has 0 bridgehead atoms. The molecule has 6 atom stereocenters. The highest BCUT2D eigenvalue weighted by Crippen LogP contribution is 2.30. The van der Waals surface area contributed by atoms with Gasteiger partial charge in [0.25, 0.3) is 0 Å². The van der Waals surface area contributed by atoms with Crippen LogP contribution in [0.3, 0.4) is 0 Å². The van der Waals surface area contributed by atoms with Crippen molar-refractivity contribution in [2.45, 2.75) is 123 Å². The van der Waals surface area contributed by atoms with Gasteiger partial charge >= 0.3 is 0 Å². The lowest BCUT2D eigenvalue weighted by Crippen LogP contribution is -2.62. The Hall–Kier alpha value is -0.540. The summed E-state index contributed by atoms with van der Waals surface area (Å²) in [5.74, 6) is 0. The van der Waals surface area contributed by atoms with Crippen molar-refractivity contribution in [3.63, 3.8) is 0 Å². The van der Waals surface area contributed by atoms with Gasteiger partial charge in [-0.25, -0.2) is 0 Å². The lowest BCUT2D eigenvalue weighted by atomic mass is 9.98. The molecule has 1 heterocycles. The van der Waals surface area contributed by atoms with E-state index in [1.807, 2.05) is 19.1 Å². The maximum Gasteiger partial charge on any atom is 0.187 e. The summed E-state index contributed by atoms with van der Waals surface area (Å²) in [4.78, 5) is 0. The third kappa shape index (κ3) is 12.4. The zero-order chi connectivity index (χ0) is 25.0. The van der Waals surface area contributed by atoms with Crippen molar-refractivity contribution in [3.05, 3.63) is 12.2 Å². The van der Waals surface area contributed by atoms with Crippen LogP contribution < -0.4 is 5.73 Å². The fourth-order valence-corrected chi connectivity index (χ4v) is 3.76. The van der Waals surface area contributed by atoms with Gasteiger partial charge in [-0.1, -0.05) is 65.5 Å². The average molecular weight is 488 g/mol. The lowest BCUT2D eigenvalue weighted by Gasteiger charge is -2.46. The van der Waals surface area contributed by atoms with E-state index >= 15 is 0 Å². The van der Waals surface area contributed by atoms with Gasteiger partial charge in [0.1, 0.15) is 24.4 Å². The van der Waals surface area contributed by atoms with E-state index in [2.05, 4.69) is 27.7 Å². The molecule has 3 unspecified atom stereocenters. The molecule has 0 spiro atoms. The smallest absolute Gasteiger partial charge is 0.187 e. The van der Waals surface area contributed by atoms with Gasteiger partial charge in [-0.15, -0.1) is 0 Å². The van der Waals surface area contributed by atoms with Gasteiger partial charge in [-0.05, 0) is 32.6 Å². The van der Waals surface area contributed by atoms with E-state index in [4.69, 9.17) is 34.2 Å². The number of nitrogens with two attached hydrogens (primary N) is 1. The third-order valence-electron chi connectivity index (χ3n) is 5.83. The van der Waals surface area contributed by atoms with Crippen molar-refractivity contribution < 1.29 is 28.4 Å². The van der Waals surface area contributed by atoms with Crippen LogP contribution in [0.25, 0.3) is 0 Å². The monoisotopic (exact) mass is 487 g/mol. The molecular formula is C27H53NO6. The first-order chi connectivity index (χ1) is 16.6. The van der Waals surface area contributed by atoms with Crippen molar-refractivity contribution in [2.24, 2.45) is 5.73 Å². The Labute approximate surface area is 209 Å². The van der Waals surface area contributed by atoms with Crippen molar-refractivity contribution in [2.75, 3.05) is 39.6 Å². The molecule has 1 aliphatic heterocycles. The number of allylic oxidation sites excluding steroid dienone is 1. The second-order valence-electron chi connectivity index (χ2n) is 9.06. The SMILES string of the molecule is C/C=C\[C@@H](N)CO[C@H]1OC(COCCCC)C(OCCCC)[C@H](OCCCC)C1OCCCC. The molecule has 1 aliphatic rings. The molecule has 1 rings (SSSR count). The number of hydrogen-bond donors (Lipinski definition) is 1. The summed E-state index contributed by atoms with van der Waals surface area (Å²) in [5.41, 5.74) is 6.17. The zero-order valence-corrected chi connectivity index (χ0v) is 22.5. The highest BCUT2D eigenvalue weighted by atomic mass is 16.7. The molecule has 0 aromatic heterocycles. The van der Waals surface area contributed by atoms with Crippen LogP contribution in [0.5, 0.6) is 0 Å². The maximum atomic E-state index is 6.46. The molecule has 0 radical (unpaired) electrons. The van der Waals surface area contributed by atoms with E-state index < -0.39 is 6.29 Å². The molecule has 0 saturated carbocycles. The van der Waals surface area contributed by atoms with Crippen LogP contribution >= 0.6 is 0 Å². The van der Waals surface area contributed by atoms with Crippen LogP contribution in [0.2, 0.25) is 0 Å². The quantitative estimate of drug-likeness (QED) is 0.180. The van der Waals surface area contributed by atoms with E-state index in [0.717, 1.165) is 51.4 Å². The van der Waals surface area contributed by atoms with Gasteiger partial charge in [0.05, 0.1) is 13.2 Å². The van der Waals surface area contributed by atoms with Crippen molar-refractivity contribution in [3.8, 4) is 0 Å². The second kappa shape index (κ2) is 20.6. The minimum absolute atomic E-state index is 0.206. The Morgan fingerprint density at radius 3 is 1.82 bits per heavy atom. The van der Waals surface area contributed by atoms with Crippen LogP contribution in [-0.2, 0) is 28.4 Å². The number of hydrogen-bond acceptors (Lipinski definition) is 7. The molecule has 1 saturated heterocycles. The highest BCUT2D eigenvalue weighted by Gasteiger charge is 2.48. The Kier molecular flexibility index (Phi) is 19.1. The molecule has 2 N–H and O–H groups in total. The van der Waals surface area contributed by atoms with E-state index in [9.17, 15) is 0 Å². The molecule has 0 amide bonds. The first-order valence-electron chi connectivity index (χ1n) is 13.7. The zero-order valence-electron chi connectivity index (χ0n) is 22.5. The van der Waals surface area contributed by atoms with Crippen molar-refractivity contribution >= 4 is 0 Å². The van der Waals surface area contributed by atoms with Crippen molar-refractivity contribution in [1.82, 2.24) is 0 Å². The van der Waals surface area contributed by atoms with E-state index in [0.29, 0.717) is 39.6 Å². The average Bonchev–Trinajstić information content (AvgIpc) is 2.83. The van der Waals surface area contributed by atoms with Crippen LogP contribution in [0.15, 0.2) is 12.2 Å². The van der Waals surface area contributed by atoms with Crippen LogP contribution in [-0.4, -0.2) is 76.4 Å². The summed E-state index contributed by atoms with van der Waals surface area (Å²) < 4.78 is 37.8. The normalized spacial score (nSPS) is 26.4. The molecule has 202 valence electrons. The summed E-state index contributed by atoms with van der Waals surface area (Å²) in [6, 6.07) is -0.206. The van der Waals surface area contributed by atoms with Gasteiger partial charge in [0, 0.05) is 32.5 Å². The van der Waals surface area contributed by atoms with E-state index in [1.54, 1.807) is 0 Å². The number of ether oxygens (including phenoxy) is 6. The predicted octanol–water partition coefficient (Wildman–Crippen LogP) is 5.00. The molecule has 0 aromatic rings. The Balaban J connectivity index is 3.10. The van der Waals surface area contributed by atoms with Crippen LogP contribution in [0.4, 0.5) is 0 Å². The Morgan fingerprint density at radius 1 is 0.735 bits per heavy atom. The molecule has 7 heteroatoms. The molecule has 7 nitrogen and oxygen atoms in total. The molecule has 0 aliphatic carbocycles. The lowest BCUT2D eigenvalue weighted by molar-refractivity contribution is -0.323. The first-order valence-corrected chi connectivity index (χ1v) is 13.7. The fourth-order valence-electron chi connectivity index (χ4n) is 3.76. The van der Waals surface area contributed by atoms with Gasteiger partial charge in [-0.2, -0.15) is 0 Å². The van der Waals surface area contributed by atoms with E-state index in [-0.39, 0.29) is 30.5 Å². The third-order valence-corrected chi connectivity index (χ3v) is 5.83. The summed E-state index contributed by atoms with van der Waals surface area (Å²) in [5, 5.41) is 0. The highest BCUT2D eigenvalue weighted by molar-refractivity contribution is 4.94. The fraction of sp³-hybridized carbons (Fsp3) is 0.926. The predicted molar refractivity (Wildman–Crippen MR) is 137 cm³/mol. The number of rotatable bonds is 21. The minimum atomic E-state index is -0.592. The Morgan fingerprint density at radius 2 is 1.26 bits per heavy atom. The van der Waals surface area contributed by atoms with Crippen LogP contribution in [0, 0.1) is 0 Å². The standard InChI is InChI=1S/C27H53NO6/c1-6-11-16-29-21-23-24(30-17-12-7-2)25(31-18-13-8-3)26(32-19-14-9-4)27(34-23)33-20-22(28)15-10-5/h10,15,22-27H,6-9,11-14,16-21,28H2,1-5H3/b15-10-/t22-,23?,24?,25+,26?,27+/m1/s1. The summed E-state index contributed by atoms with van der Waals surface area (Å²) in [6.07, 6.45) is 10.2. The summed E-state index contributed by atoms with van der Waals surface area (Å²) in [7, 11) is 0.